The Hall–Kier alpha value is -3.28. The van der Waals surface area contributed by atoms with E-state index < -0.39 is 0 Å². The lowest BCUT2D eigenvalue weighted by atomic mass is 9.97. The number of carbonyl (C=O) groups is 1. The van der Waals surface area contributed by atoms with Gasteiger partial charge < -0.3 is 15.1 Å². The molecule has 0 radical (unpaired) electrons. The molecule has 2 aliphatic rings. The molecule has 0 saturated carbocycles. The van der Waals surface area contributed by atoms with Gasteiger partial charge in [-0.05, 0) is 85.3 Å². The van der Waals surface area contributed by atoms with E-state index in [4.69, 9.17) is 0 Å². The van der Waals surface area contributed by atoms with Crippen molar-refractivity contribution in [3.63, 3.8) is 0 Å². The Kier molecular flexibility index (Phi) is 7.82. The first-order valence-corrected chi connectivity index (χ1v) is 13.9. The predicted octanol–water partition coefficient (Wildman–Crippen LogP) is 7.13. The number of amides is 1. The first kappa shape index (κ1) is 25.4. The van der Waals surface area contributed by atoms with Gasteiger partial charge in [0.25, 0.3) is 5.91 Å². The van der Waals surface area contributed by atoms with Crippen LogP contribution in [0.15, 0.2) is 95.9 Å². The van der Waals surface area contributed by atoms with E-state index in [1.54, 1.807) is 11.8 Å². The third kappa shape index (κ3) is 6.00. The van der Waals surface area contributed by atoms with Crippen molar-refractivity contribution in [3.05, 3.63) is 101 Å². The zero-order chi connectivity index (χ0) is 25.8. The smallest absolute Gasteiger partial charge is 0.252 e. The number of carbonyl (C=O) groups excluding carboxylic acids is 1. The highest BCUT2D eigenvalue weighted by Crippen LogP contribution is 2.37. The maximum absolute atomic E-state index is 13.2. The Balaban J connectivity index is 1.25. The third-order valence-corrected chi connectivity index (χ3v) is 8.43. The fourth-order valence-corrected chi connectivity index (χ4v) is 6.05. The predicted molar refractivity (Wildman–Crippen MR) is 159 cm³/mol. The average molecular weight is 510 g/mol. The first-order valence-electron chi connectivity index (χ1n) is 13.0. The lowest BCUT2D eigenvalue weighted by molar-refractivity contribution is -0.113. The Morgan fingerprint density at radius 3 is 2.41 bits per heavy atom. The summed E-state index contributed by atoms with van der Waals surface area (Å²) < 4.78 is 0. The van der Waals surface area contributed by atoms with Crippen molar-refractivity contribution in [2.24, 2.45) is 5.92 Å². The van der Waals surface area contributed by atoms with Crippen LogP contribution in [0.5, 0.6) is 0 Å². The summed E-state index contributed by atoms with van der Waals surface area (Å²) >= 11 is 1.64. The molecule has 1 fully saturated rings. The molecule has 2 atom stereocenters. The number of allylic oxidation sites excluding steroid dienone is 1. The molecular formula is C32H35N3OS. The fraction of sp³-hybridized carbons (Fsp3) is 0.281. The average Bonchev–Trinajstić information content (AvgIpc) is 3.34. The van der Waals surface area contributed by atoms with Crippen molar-refractivity contribution in [3.8, 4) is 11.1 Å². The number of thioether (sulfide) groups is 1. The van der Waals surface area contributed by atoms with Crippen molar-refractivity contribution in [1.82, 2.24) is 4.90 Å². The van der Waals surface area contributed by atoms with Gasteiger partial charge in [-0.2, -0.15) is 0 Å². The number of nitrogens with zero attached hydrogens (tertiary/aromatic N) is 2. The van der Waals surface area contributed by atoms with Crippen molar-refractivity contribution in [2.75, 3.05) is 37.4 Å². The molecule has 2 unspecified atom stereocenters. The Labute approximate surface area is 225 Å². The zero-order valence-electron chi connectivity index (χ0n) is 21.9. The molecule has 0 bridgehead atoms. The number of anilines is 2. The molecule has 5 heteroatoms. The minimum Gasteiger partial charge on any atom is -0.370 e. The minimum atomic E-state index is -0.0192. The summed E-state index contributed by atoms with van der Waals surface area (Å²) in [7, 11) is 4.29. The summed E-state index contributed by atoms with van der Waals surface area (Å²) in [6.07, 6.45) is 4.28. The number of hydrogen-bond donors (Lipinski definition) is 1. The van der Waals surface area contributed by atoms with E-state index in [1.165, 1.54) is 33.7 Å². The molecule has 190 valence electrons. The maximum atomic E-state index is 13.2. The second-order valence-electron chi connectivity index (χ2n) is 10.2. The second kappa shape index (κ2) is 11.4. The second-order valence-corrected chi connectivity index (χ2v) is 11.1. The Morgan fingerprint density at radius 1 is 0.946 bits per heavy atom. The van der Waals surface area contributed by atoms with E-state index in [0.29, 0.717) is 6.04 Å². The van der Waals surface area contributed by atoms with E-state index in [2.05, 4.69) is 103 Å². The molecule has 3 aromatic carbocycles. The van der Waals surface area contributed by atoms with Crippen molar-refractivity contribution in [1.29, 1.82) is 0 Å². The molecule has 2 aliphatic heterocycles. The van der Waals surface area contributed by atoms with Gasteiger partial charge in [0.2, 0.25) is 0 Å². The molecule has 4 nitrogen and oxygen atoms in total. The Bertz CT molecular complexity index is 1300. The van der Waals surface area contributed by atoms with E-state index in [0.717, 1.165) is 30.8 Å². The van der Waals surface area contributed by atoms with Crippen LogP contribution in [0.3, 0.4) is 0 Å². The summed E-state index contributed by atoms with van der Waals surface area (Å²) in [5.74, 6) is 0.128. The molecule has 37 heavy (non-hydrogen) atoms. The van der Waals surface area contributed by atoms with Crippen molar-refractivity contribution in [2.45, 2.75) is 25.8 Å². The number of likely N-dealkylation sites (N-methyl/N-ethyl adjacent to an activating group) is 1. The highest BCUT2D eigenvalue weighted by atomic mass is 32.2. The maximum Gasteiger partial charge on any atom is 0.252 e. The van der Waals surface area contributed by atoms with Gasteiger partial charge in [0, 0.05) is 41.0 Å². The molecule has 1 N–H and O–H groups in total. The lowest BCUT2D eigenvalue weighted by Crippen LogP contribution is -2.31. The SMILES string of the molecule is CC1CC=C(c2cccc(-c3ccccc3)c2)SC=C1C(=O)Nc1ccc(N2CCC(N(C)C)C2)cc1. The number of rotatable bonds is 6. The summed E-state index contributed by atoms with van der Waals surface area (Å²) in [5.41, 5.74) is 6.47. The van der Waals surface area contributed by atoms with E-state index in [-0.39, 0.29) is 11.8 Å². The minimum absolute atomic E-state index is 0.0192. The number of benzene rings is 3. The molecule has 0 aromatic heterocycles. The summed E-state index contributed by atoms with van der Waals surface area (Å²) in [6.45, 7) is 4.24. The van der Waals surface area contributed by atoms with Crippen LogP contribution >= 0.6 is 11.8 Å². The van der Waals surface area contributed by atoms with Gasteiger partial charge in [0.1, 0.15) is 0 Å². The molecule has 1 saturated heterocycles. The molecule has 0 spiro atoms. The van der Waals surface area contributed by atoms with Gasteiger partial charge in [0.05, 0.1) is 0 Å². The Morgan fingerprint density at radius 2 is 1.68 bits per heavy atom. The van der Waals surface area contributed by atoms with Gasteiger partial charge in [-0.3, -0.25) is 4.79 Å². The zero-order valence-corrected chi connectivity index (χ0v) is 22.7. The molecule has 5 rings (SSSR count). The van der Waals surface area contributed by atoms with Crippen LogP contribution in [0.25, 0.3) is 16.0 Å². The van der Waals surface area contributed by atoms with Gasteiger partial charge in [-0.1, -0.05) is 73.3 Å². The van der Waals surface area contributed by atoms with Crippen LogP contribution in [0.1, 0.15) is 25.3 Å². The molecule has 3 aromatic rings. The quantitative estimate of drug-likeness (QED) is 0.383. The molecular weight excluding hydrogens is 474 g/mol. The number of hydrogen-bond acceptors (Lipinski definition) is 4. The lowest BCUT2D eigenvalue weighted by Gasteiger charge is -2.22. The highest BCUT2D eigenvalue weighted by molar-refractivity contribution is 8.11. The fourth-order valence-electron chi connectivity index (χ4n) is 5.00. The van der Waals surface area contributed by atoms with Crippen LogP contribution < -0.4 is 10.2 Å². The summed E-state index contributed by atoms with van der Waals surface area (Å²) in [5, 5.41) is 5.17. The molecule has 0 aliphatic carbocycles. The largest absolute Gasteiger partial charge is 0.370 e. The standard InChI is InChI=1S/C32H35N3OS/c1-23-12-17-31(26-11-7-10-25(20-26)24-8-5-4-6-9-24)37-22-30(23)32(36)33-27-13-15-28(16-14-27)35-19-18-29(21-35)34(2)3/h4-11,13-17,20,22-23,29H,12,18-19,21H2,1-3H3,(H,33,36). The summed E-state index contributed by atoms with van der Waals surface area (Å²) in [4.78, 5) is 19.2. The van der Waals surface area contributed by atoms with Gasteiger partial charge in [0.15, 0.2) is 0 Å². The monoisotopic (exact) mass is 509 g/mol. The van der Waals surface area contributed by atoms with Crippen LogP contribution in [0.2, 0.25) is 0 Å². The normalized spacial score (nSPS) is 19.8. The topological polar surface area (TPSA) is 35.6 Å². The van der Waals surface area contributed by atoms with Gasteiger partial charge >= 0.3 is 0 Å². The summed E-state index contributed by atoms with van der Waals surface area (Å²) in [6, 6.07) is 28.0. The van der Waals surface area contributed by atoms with E-state index in [1.807, 2.05) is 23.6 Å². The van der Waals surface area contributed by atoms with Crippen LogP contribution in [0, 0.1) is 5.92 Å². The van der Waals surface area contributed by atoms with E-state index >= 15 is 0 Å². The van der Waals surface area contributed by atoms with Crippen molar-refractivity contribution < 1.29 is 4.79 Å². The van der Waals surface area contributed by atoms with Gasteiger partial charge in [-0.15, -0.1) is 0 Å². The van der Waals surface area contributed by atoms with Crippen LogP contribution in [-0.4, -0.2) is 44.0 Å². The third-order valence-electron chi connectivity index (χ3n) is 7.40. The van der Waals surface area contributed by atoms with Gasteiger partial charge in [-0.25, -0.2) is 0 Å². The van der Waals surface area contributed by atoms with E-state index in [9.17, 15) is 4.79 Å². The van der Waals surface area contributed by atoms with Crippen molar-refractivity contribution >= 4 is 33.9 Å². The molecule has 2 heterocycles. The molecule has 1 amide bonds. The van der Waals surface area contributed by atoms with Crippen LogP contribution in [-0.2, 0) is 4.79 Å². The first-order chi connectivity index (χ1) is 18.0. The number of nitrogens with one attached hydrogen (secondary N) is 1. The van der Waals surface area contributed by atoms with Crippen LogP contribution in [0.4, 0.5) is 11.4 Å². The highest BCUT2D eigenvalue weighted by Gasteiger charge is 2.24.